The topological polar surface area (TPSA) is 99.0 Å². The molecule has 0 N–H and O–H groups in total. The first kappa shape index (κ1) is 19.6. The number of nitrogens with zero attached hydrogens (tertiary/aromatic N) is 2. The van der Waals surface area contributed by atoms with Crippen LogP contribution in [0.5, 0.6) is 0 Å². The summed E-state index contributed by atoms with van der Waals surface area (Å²) in [6.45, 7) is 1.68. The molecule has 0 saturated heterocycles. The van der Waals surface area contributed by atoms with E-state index in [2.05, 4.69) is 0 Å². The van der Waals surface area contributed by atoms with Crippen LogP contribution in [-0.4, -0.2) is 31.1 Å². The number of nitro groups is 1. The molecule has 0 fully saturated rings. The second-order valence-corrected chi connectivity index (χ2v) is 6.33. The van der Waals surface area contributed by atoms with E-state index >= 15 is 0 Å². The number of hydrogen-bond acceptors (Lipinski definition) is 7. The third-order valence-corrected chi connectivity index (χ3v) is 4.40. The Hall–Kier alpha value is -2.69. The van der Waals surface area contributed by atoms with Gasteiger partial charge >= 0.3 is 11.9 Å². The van der Waals surface area contributed by atoms with Crippen molar-refractivity contribution in [1.29, 1.82) is 0 Å². The van der Waals surface area contributed by atoms with Gasteiger partial charge < -0.3 is 14.4 Å². The van der Waals surface area contributed by atoms with E-state index in [1.165, 1.54) is 37.3 Å². The van der Waals surface area contributed by atoms with Crippen molar-refractivity contribution in [2.45, 2.75) is 6.92 Å². The zero-order chi connectivity index (χ0) is 19.4. The lowest BCUT2D eigenvalue weighted by atomic mass is 10.1. The quantitative estimate of drug-likeness (QED) is 0.289. The molecule has 0 unspecified atom stereocenters. The number of ether oxygens (including phenoxy) is 2. The van der Waals surface area contributed by atoms with Crippen molar-refractivity contribution in [1.82, 2.24) is 0 Å². The number of benzene rings is 1. The maximum atomic E-state index is 12.4. The minimum atomic E-state index is -0.741. The number of methoxy groups -OCH3 is 2. The Kier molecular flexibility index (Phi) is 6.14. The Bertz CT molecular complexity index is 849. The molecule has 1 aliphatic heterocycles. The summed E-state index contributed by atoms with van der Waals surface area (Å²) in [5.41, 5.74) is 0.986. The summed E-state index contributed by atoms with van der Waals surface area (Å²) in [5, 5.41) is 11.1. The summed E-state index contributed by atoms with van der Waals surface area (Å²) in [6.07, 6.45) is 6.25. The van der Waals surface area contributed by atoms with Crippen LogP contribution in [0, 0.1) is 20.6 Å². The standard InChI is InChI=1S/C17H15IN2O6/c1-10-8-11(20(23)24)9-13(18)14(10)19-7-5-4-6-12(16(21)25-2)15(19)17(22)26-3/h4-9H,1-3H3. The molecule has 26 heavy (non-hydrogen) atoms. The smallest absolute Gasteiger partial charge is 0.355 e. The zero-order valence-corrected chi connectivity index (χ0v) is 16.3. The summed E-state index contributed by atoms with van der Waals surface area (Å²) in [4.78, 5) is 36.6. The largest absolute Gasteiger partial charge is 0.465 e. The van der Waals surface area contributed by atoms with E-state index in [1.54, 1.807) is 25.3 Å². The number of halogens is 1. The van der Waals surface area contributed by atoms with Gasteiger partial charge in [0, 0.05) is 21.9 Å². The van der Waals surface area contributed by atoms with Crippen LogP contribution in [0.15, 0.2) is 47.8 Å². The Morgan fingerprint density at radius 2 is 1.81 bits per heavy atom. The number of anilines is 1. The molecule has 136 valence electrons. The van der Waals surface area contributed by atoms with Crippen molar-refractivity contribution >= 4 is 45.9 Å². The van der Waals surface area contributed by atoms with Gasteiger partial charge in [-0.25, -0.2) is 9.59 Å². The third-order valence-electron chi connectivity index (χ3n) is 3.58. The first-order valence-electron chi connectivity index (χ1n) is 7.31. The molecule has 0 amide bonds. The highest BCUT2D eigenvalue weighted by molar-refractivity contribution is 14.1. The normalized spacial score (nSPS) is 13.5. The van der Waals surface area contributed by atoms with E-state index in [9.17, 15) is 19.7 Å². The summed E-state index contributed by atoms with van der Waals surface area (Å²) >= 11 is 1.95. The lowest BCUT2D eigenvalue weighted by Crippen LogP contribution is -2.28. The van der Waals surface area contributed by atoms with Crippen LogP contribution in [0.2, 0.25) is 0 Å². The fourth-order valence-electron chi connectivity index (χ4n) is 2.47. The molecule has 9 heteroatoms. The molecule has 0 saturated carbocycles. The molecule has 2 rings (SSSR count). The van der Waals surface area contributed by atoms with Crippen LogP contribution in [0.25, 0.3) is 0 Å². The van der Waals surface area contributed by atoms with Gasteiger partial charge in [-0.15, -0.1) is 0 Å². The van der Waals surface area contributed by atoms with Gasteiger partial charge in [0.25, 0.3) is 5.69 Å². The summed E-state index contributed by atoms with van der Waals surface area (Å²) < 4.78 is 10.1. The van der Waals surface area contributed by atoms with Gasteiger partial charge in [-0.05, 0) is 47.2 Å². The summed E-state index contributed by atoms with van der Waals surface area (Å²) in [6, 6.07) is 2.79. The Labute approximate surface area is 163 Å². The number of aryl methyl sites for hydroxylation is 1. The van der Waals surface area contributed by atoms with Gasteiger partial charge in [0.15, 0.2) is 0 Å². The molecule has 0 aliphatic carbocycles. The van der Waals surface area contributed by atoms with Gasteiger partial charge in [-0.3, -0.25) is 10.1 Å². The van der Waals surface area contributed by atoms with Crippen LogP contribution in [0.4, 0.5) is 11.4 Å². The SMILES string of the molecule is COC(=O)C1=C(C(=O)OC)N(c2c(C)cc([N+](=O)[O-])cc2I)C=CC=C1. The highest BCUT2D eigenvalue weighted by atomic mass is 127. The van der Waals surface area contributed by atoms with E-state index in [0.29, 0.717) is 14.8 Å². The minimum Gasteiger partial charge on any atom is -0.465 e. The first-order valence-corrected chi connectivity index (χ1v) is 8.39. The van der Waals surface area contributed by atoms with E-state index in [4.69, 9.17) is 9.47 Å². The van der Waals surface area contributed by atoms with E-state index in [-0.39, 0.29) is 17.0 Å². The van der Waals surface area contributed by atoms with Gasteiger partial charge in [0.1, 0.15) is 5.70 Å². The monoisotopic (exact) mass is 470 g/mol. The van der Waals surface area contributed by atoms with Crippen LogP contribution in [-0.2, 0) is 19.1 Å². The van der Waals surface area contributed by atoms with Gasteiger partial charge in [-0.2, -0.15) is 0 Å². The number of rotatable bonds is 4. The minimum absolute atomic E-state index is 0.0119. The number of nitro benzene ring substituents is 1. The Balaban J connectivity index is 2.76. The number of non-ortho nitro benzene ring substituents is 1. The van der Waals surface area contributed by atoms with Crippen LogP contribution >= 0.6 is 22.6 Å². The molecular formula is C17H15IN2O6. The number of carbonyl (C=O) groups excluding carboxylic acids is 2. The molecule has 1 aliphatic rings. The highest BCUT2D eigenvalue weighted by Gasteiger charge is 2.29. The molecule has 0 aromatic heterocycles. The number of allylic oxidation sites excluding steroid dienone is 2. The first-order chi connectivity index (χ1) is 12.3. The fourth-order valence-corrected chi connectivity index (χ4v) is 3.47. The highest BCUT2D eigenvalue weighted by Crippen LogP contribution is 2.35. The average molecular weight is 470 g/mol. The second-order valence-electron chi connectivity index (χ2n) is 5.17. The molecule has 1 aromatic carbocycles. The Morgan fingerprint density at radius 1 is 1.15 bits per heavy atom. The van der Waals surface area contributed by atoms with Crippen molar-refractivity contribution in [2.24, 2.45) is 0 Å². The third kappa shape index (κ3) is 3.77. The Morgan fingerprint density at radius 3 is 2.35 bits per heavy atom. The van der Waals surface area contributed by atoms with Crippen molar-refractivity contribution in [3.05, 3.63) is 67.1 Å². The van der Waals surface area contributed by atoms with E-state index in [0.717, 1.165) is 0 Å². The van der Waals surface area contributed by atoms with Gasteiger partial charge in [-0.1, -0.05) is 6.08 Å². The van der Waals surface area contributed by atoms with Crippen molar-refractivity contribution in [2.75, 3.05) is 19.1 Å². The molecule has 1 heterocycles. The predicted octanol–water partition coefficient (Wildman–Crippen LogP) is 3.00. The summed E-state index contributed by atoms with van der Waals surface area (Å²) in [7, 11) is 2.41. The van der Waals surface area contributed by atoms with Crippen molar-refractivity contribution < 1.29 is 24.0 Å². The molecular weight excluding hydrogens is 455 g/mol. The van der Waals surface area contributed by atoms with Crippen LogP contribution in [0.3, 0.4) is 0 Å². The number of carbonyl (C=O) groups is 2. The maximum Gasteiger partial charge on any atom is 0.355 e. The predicted molar refractivity (Wildman–Crippen MR) is 102 cm³/mol. The zero-order valence-electron chi connectivity index (χ0n) is 14.2. The van der Waals surface area contributed by atoms with E-state index < -0.39 is 16.9 Å². The number of esters is 2. The van der Waals surface area contributed by atoms with Crippen molar-refractivity contribution in [3.63, 3.8) is 0 Å². The maximum absolute atomic E-state index is 12.4. The van der Waals surface area contributed by atoms with Crippen LogP contribution < -0.4 is 4.90 Å². The molecule has 0 radical (unpaired) electrons. The van der Waals surface area contributed by atoms with E-state index in [1.807, 2.05) is 22.6 Å². The van der Waals surface area contributed by atoms with Gasteiger partial charge in [0.2, 0.25) is 0 Å². The molecule has 0 bridgehead atoms. The molecule has 8 nitrogen and oxygen atoms in total. The average Bonchev–Trinajstić information content (AvgIpc) is 2.82. The van der Waals surface area contributed by atoms with Gasteiger partial charge in [0.05, 0.1) is 30.4 Å². The summed E-state index contributed by atoms with van der Waals surface area (Å²) in [5.74, 6) is -1.44. The lowest BCUT2D eigenvalue weighted by molar-refractivity contribution is -0.385. The van der Waals surface area contributed by atoms with Crippen molar-refractivity contribution in [3.8, 4) is 0 Å². The number of hydrogen-bond donors (Lipinski definition) is 0. The molecule has 0 spiro atoms. The fraction of sp³-hybridized carbons (Fsp3) is 0.176. The molecule has 1 aromatic rings. The second kappa shape index (κ2) is 8.13. The van der Waals surface area contributed by atoms with Crippen LogP contribution in [0.1, 0.15) is 5.56 Å². The molecule has 0 atom stereocenters. The lowest BCUT2D eigenvalue weighted by Gasteiger charge is -2.25.